The van der Waals surface area contributed by atoms with Gasteiger partial charge in [0.05, 0.1) is 6.42 Å². The van der Waals surface area contributed by atoms with Gasteiger partial charge in [-0.2, -0.15) is 0 Å². The Morgan fingerprint density at radius 3 is 2.43 bits per heavy atom. The lowest BCUT2D eigenvalue weighted by Crippen LogP contribution is -2.14. The van der Waals surface area contributed by atoms with Crippen LogP contribution < -0.4 is 10.5 Å². The Morgan fingerprint density at radius 1 is 1.19 bits per heavy atom. The summed E-state index contributed by atoms with van der Waals surface area (Å²) in [5.41, 5.74) is 7.71. The van der Waals surface area contributed by atoms with Crippen molar-refractivity contribution in [3.63, 3.8) is 0 Å². The van der Waals surface area contributed by atoms with Crippen LogP contribution in [0.3, 0.4) is 0 Å². The van der Waals surface area contributed by atoms with Crippen LogP contribution in [0.1, 0.15) is 23.6 Å². The van der Waals surface area contributed by atoms with Gasteiger partial charge in [0.2, 0.25) is 0 Å². The Labute approximate surface area is 130 Å². The van der Waals surface area contributed by atoms with Crippen molar-refractivity contribution < 1.29 is 14.6 Å². The molecular formula is C16H18ClNO3. The van der Waals surface area contributed by atoms with Crippen LogP contribution in [0, 0.1) is 6.92 Å². The highest BCUT2D eigenvalue weighted by Crippen LogP contribution is 2.25. The molecule has 2 rings (SSSR count). The second-order valence-corrected chi connectivity index (χ2v) is 4.70. The topological polar surface area (TPSA) is 72.5 Å². The van der Waals surface area contributed by atoms with Crippen molar-refractivity contribution in [1.82, 2.24) is 0 Å². The van der Waals surface area contributed by atoms with E-state index in [1.807, 2.05) is 43.3 Å². The van der Waals surface area contributed by atoms with E-state index in [1.165, 1.54) is 0 Å². The molecule has 0 spiro atoms. The number of benzene rings is 2. The van der Waals surface area contributed by atoms with Crippen LogP contribution in [0.4, 0.5) is 0 Å². The fourth-order valence-corrected chi connectivity index (χ4v) is 1.93. The Kier molecular flexibility index (Phi) is 6.21. The average molecular weight is 308 g/mol. The Bertz CT molecular complexity index is 616. The van der Waals surface area contributed by atoms with Crippen molar-refractivity contribution in [1.29, 1.82) is 0 Å². The number of halogens is 1. The molecule has 0 aliphatic carbocycles. The minimum absolute atomic E-state index is 0. The van der Waals surface area contributed by atoms with E-state index in [0.717, 1.165) is 16.9 Å². The summed E-state index contributed by atoms with van der Waals surface area (Å²) < 4.78 is 5.75. The van der Waals surface area contributed by atoms with Crippen LogP contribution in [-0.4, -0.2) is 11.1 Å². The smallest absolute Gasteiger partial charge is 0.305 e. The van der Waals surface area contributed by atoms with Crippen LogP contribution in [-0.2, 0) is 4.79 Å². The standard InChI is InChI=1S/C16H17NO3.ClH/c1-11-4-2-6-13(8-11)20-14-7-3-5-12(9-14)15(17)10-16(18)19;/h2-9,15H,10,17H2,1H3,(H,18,19);1H/t15-;/m0./s1. The molecule has 0 bridgehead atoms. The van der Waals surface area contributed by atoms with E-state index in [1.54, 1.807) is 12.1 Å². The van der Waals surface area contributed by atoms with Crippen LogP contribution in [0.2, 0.25) is 0 Å². The summed E-state index contributed by atoms with van der Waals surface area (Å²) in [6.45, 7) is 1.99. The number of nitrogens with two attached hydrogens (primary N) is 1. The van der Waals surface area contributed by atoms with Crippen molar-refractivity contribution in [2.24, 2.45) is 5.73 Å². The first kappa shape index (κ1) is 17.0. The lowest BCUT2D eigenvalue weighted by atomic mass is 10.0. The molecule has 1 atom stereocenters. The van der Waals surface area contributed by atoms with Gasteiger partial charge in [0.1, 0.15) is 11.5 Å². The molecule has 2 aromatic rings. The number of aliphatic carboxylic acids is 1. The number of carboxylic acids is 1. The summed E-state index contributed by atoms with van der Waals surface area (Å²) in [7, 11) is 0. The monoisotopic (exact) mass is 307 g/mol. The maximum atomic E-state index is 10.7. The third kappa shape index (κ3) is 5.10. The van der Waals surface area contributed by atoms with E-state index < -0.39 is 12.0 Å². The molecule has 0 radical (unpaired) electrons. The molecule has 0 heterocycles. The van der Waals surface area contributed by atoms with Gasteiger partial charge in [0.25, 0.3) is 0 Å². The maximum Gasteiger partial charge on any atom is 0.305 e. The summed E-state index contributed by atoms with van der Waals surface area (Å²) in [5.74, 6) is 0.477. The molecular weight excluding hydrogens is 290 g/mol. The molecule has 0 unspecified atom stereocenters. The highest BCUT2D eigenvalue weighted by Gasteiger charge is 2.11. The summed E-state index contributed by atoms with van der Waals surface area (Å²) >= 11 is 0. The van der Waals surface area contributed by atoms with Gasteiger partial charge in [0, 0.05) is 6.04 Å². The number of hydrogen-bond donors (Lipinski definition) is 2. The molecule has 0 fully saturated rings. The molecule has 2 aromatic carbocycles. The minimum Gasteiger partial charge on any atom is -0.481 e. The number of hydrogen-bond acceptors (Lipinski definition) is 3. The second kappa shape index (κ2) is 7.67. The number of ether oxygens (including phenoxy) is 1. The molecule has 0 saturated carbocycles. The molecule has 21 heavy (non-hydrogen) atoms. The quantitative estimate of drug-likeness (QED) is 0.883. The molecule has 112 valence electrons. The first-order chi connectivity index (χ1) is 9.54. The zero-order valence-electron chi connectivity index (χ0n) is 11.7. The summed E-state index contributed by atoms with van der Waals surface area (Å²) in [4.78, 5) is 10.7. The van der Waals surface area contributed by atoms with E-state index in [9.17, 15) is 4.79 Å². The molecule has 0 saturated heterocycles. The summed E-state index contributed by atoms with van der Waals surface area (Å²) in [6.07, 6.45) is -0.103. The Morgan fingerprint density at radius 2 is 1.81 bits per heavy atom. The molecule has 0 aromatic heterocycles. The van der Waals surface area contributed by atoms with E-state index in [2.05, 4.69) is 0 Å². The molecule has 3 N–H and O–H groups in total. The lowest BCUT2D eigenvalue weighted by molar-refractivity contribution is -0.137. The average Bonchev–Trinajstić information content (AvgIpc) is 2.38. The van der Waals surface area contributed by atoms with Crippen LogP contribution in [0.5, 0.6) is 11.5 Å². The normalized spacial score (nSPS) is 11.3. The predicted molar refractivity (Wildman–Crippen MR) is 84.1 cm³/mol. The van der Waals surface area contributed by atoms with Crippen molar-refractivity contribution in [3.8, 4) is 11.5 Å². The number of carbonyl (C=O) groups is 1. The zero-order chi connectivity index (χ0) is 14.5. The number of rotatable bonds is 5. The lowest BCUT2D eigenvalue weighted by Gasteiger charge is -2.12. The van der Waals surface area contributed by atoms with E-state index in [0.29, 0.717) is 5.75 Å². The van der Waals surface area contributed by atoms with Gasteiger partial charge in [-0.15, -0.1) is 12.4 Å². The first-order valence-electron chi connectivity index (χ1n) is 6.36. The molecule has 0 aliphatic rings. The molecule has 4 nitrogen and oxygen atoms in total. The fraction of sp³-hybridized carbons (Fsp3) is 0.188. The van der Waals surface area contributed by atoms with Gasteiger partial charge in [0.15, 0.2) is 0 Å². The molecule has 0 amide bonds. The first-order valence-corrected chi connectivity index (χ1v) is 6.36. The van der Waals surface area contributed by atoms with E-state index in [4.69, 9.17) is 15.6 Å². The van der Waals surface area contributed by atoms with E-state index >= 15 is 0 Å². The van der Waals surface area contributed by atoms with Gasteiger partial charge in [-0.3, -0.25) is 4.79 Å². The van der Waals surface area contributed by atoms with Crippen molar-refractivity contribution in [2.45, 2.75) is 19.4 Å². The predicted octanol–water partition coefficient (Wildman–Crippen LogP) is 3.68. The zero-order valence-corrected chi connectivity index (χ0v) is 12.5. The van der Waals surface area contributed by atoms with Gasteiger partial charge in [-0.1, -0.05) is 24.3 Å². The van der Waals surface area contributed by atoms with Crippen LogP contribution in [0.15, 0.2) is 48.5 Å². The molecule has 0 aliphatic heterocycles. The van der Waals surface area contributed by atoms with Gasteiger partial charge in [-0.05, 0) is 42.3 Å². The van der Waals surface area contributed by atoms with Crippen LogP contribution in [0.25, 0.3) is 0 Å². The largest absolute Gasteiger partial charge is 0.481 e. The fourth-order valence-electron chi connectivity index (χ4n) is 1.93. The third-order valence-corrected chi connectivity index (χ3v) is 2.91. The third-order valence-electron chi connectivity index (χ3n) is 2.91. The second-order valence-electron chi connectivity index (χ2n) is 4.70. The molecule has 5 heteroatoms. The van der Waals surface area contributed by atoms with Crippen molar-refractivity contribution in [3.05, 3.63) is 59.7 Å². The van der Waals surface area contributed by atoms with Gasteiger partial charge < -0.3 is 15.6 Å². The Hall–Kier alpha value is -2.04. The maximum absolute atomic E-state index is 10.7. The van der Waals surface area contributed by atoms with Crippen molar-refractivity contribution >= 4 is 18.4 Å². The highest BCUT2D eigenvalue weighted by molar-refractivity contribution is 5.85. The van der Waals surface area contributed by atoms with Crippen LogP contribution >= 0.6 is 12.4 Å². The summed E-state index contributed by atoms with van der Waals surface area (Å²) in [6, 6.07) is 14.4. The number of carboxylic acid groups (broad SMARTS) is 1. The SMILES string of the molecule is Cc1cccc(Oc2cccc([C@@H](N)CC(=O)O)c2)c1.Cl. The van der Waals surface area contributed by atoms with Gasteiger partial charge in [-0.25, -0.2) is 0 Å². The van der Waals surface area contributed by atoms with Crippen molar-refractivity contribution in [2.75, 3.05) is 0 Å². The van der Waals surface area contributed by atoms with E-state index in [-0.39, 0.29) is 18.8 Å². The highest BCUT2D eigenvalue weighted by atomic mass is 35.5. The minimum atomic E-state index is -0.914. The summed E-state index contributed by atoms with van der Waals surface area (Å²) in [5, 5.41) is 8.77. The Balaban J connectivity index is 0.00000220. The number of aryl methyl sites for hydroxylation is 1. The van der Waals surface area contributed by atoms with Gasteiger partial charge >= 0.3 is 5.97 Å².